The molecule has 12 heteroatoms. The zero-order valence-electron chi connectivity index (χ0n) is 20.4. The normalized spacial score (nSPS) is 14.2. The molecule has 0 aliphatic heterocycles. The highest BCUT2D eigenvalue weighted by atomic mass is 16.4. The van der Waals surface area contributed by atoms with Crippen LogP contribution in [0.1, 0.15) is 39.2 Å². The van der Waals surface area contributed by atoms with Crippen molar-refractivity contribution < 1.29 is 24.3 Å². The molecule has 35 heavy (non-hydrogen) atoms. The van der Waals surface area contributed by atoms with Crippen LogP contribution in [0.5, 0.6) is 0 Å². The predicted octanol–water partition coefficient (Wildman–Crippen LogP) is -1.18. The number of carbonyl (C=O) groups is 4. The van der Waals surface area contributed by atoms with Gasteiger partial charge in [-0.3, -0.25) is 19.4 Å². The Kier molecular flexibility index (Phi) is 12.2. The van der Waals surface area contributed by atoms with Crippen molar-refractivity contribution in [2.24, 2.45) is 28.1 Å². The number of carboxylic acids is 1. The van der Waals surface area contributed by atoms with Crippen molar-refractivity contribution in [2.45, 2.75) is 64.2 Å². The van der Waals surface area contributed by atoms with E-state index in [1.54, 1.807) is 44.2 Å². The quantitative estimate of drug-likeness (QED) is 0.0953. The Hall–Kier alpha value is -3.67. The van der Waals surface area contributed by atoms with E-state index in [1.165, 1.54) is 6.92 Å². The lowest BCUT2D eigenvalue weighted by atomic mass is 10.0. The van der Waals surface area contributed by atoms with Crippen LogP contribution in [-0.4, -0.2) is 65.5 Å². The molecule has 194 valence electrons. The number of carboxylic acid groups (broad SMARTS) is 1. The molecule has 0 aliphatic carbocycles. The summed E-state index contributed by atoms with van der Waals surface area (Å²) < 4.78 is 0. The van der Waals surface area contributed by atoms with Gasteiger partial charge in [0.15, 0.2) is 5.96 Å². The Morgan fingerprint density at radius 2 is 1.51 bits per heavy atom. The zero-order chi connectivity index (χ0) is 26.5. The average Bonchev–Trinajstić information content (AvgIpc) is 2.78. The molecule has 0 saturated carbocycles. The van der Waals surface area contributed by atoms with Gasteiger partial charge >= 0.3 is 5.97 Å². The lowest BCUT2D eigenvalue weighted by Gasteiger charge is -2.26. The van der Waals surface area contributed by atoms with Crippen LogP contribution in [0.3, 0.4) is 0 Å². The Morgan fingerprint density at radius 3 is 2.03 bits per heavy atom. The van der Waals surface area contributed by atoms with E-state index in [0.717, 1.165) is 5.56 Å². The number of carbonyl (C=O) groups excluding carboxylic acids is 3. The molecule has 0 aliphatic rings. The topological polar surface area (TPSA) is 215 Å². The molecule has 0 saturated heterocycles. The van der Waals surface area contributed by atoms with Gasteiger partial charge < -0.3 is 38.3 Å². The van der Waals surface area contributed by atoms with Gasteiger partial charge in [-0.1, -0.05) is 44.2 Å². The number of aliphatic imine (C=N–C) groups is 1. The lowest BCUT2D eigenvalue weighted by molar-refractivity contribution is -0.142. The Morgan fingerprint density at radius 1 is 0.914 bits per heavy atom. The van der Waals surface area contributed by atoms with E-state index in [0.29, 0.717) is 6.42 Å². The van der Waals surface area contributed by atoms with E-state index >= 15 is 0 Å². The van der Waals surface area contributed by atoms with E-state index in [1.807, 2.05) is 0 Å². The van der Waals surface area contributed by atoms with Gasteiger partial charge in [-0.2, -0.15) is 0 Å². The first-order valence-electron chi connectivity index (χ1n) is 11.4. The molecule has 4 unspecified atom stereocenters. The smallest absolute Gasteiger partial charge is 0.326 e. The number of rotatable bonds is 14. The lowest BCUT2D eigenvalue weighted by Crippen LogP contribution is -2.58. The molecule has 1 aromatic carbocycles. The number of nitrogens with one attached hydrogen (secondary N) is 3. The summed E-state index contributed by atoms with van der Waals surface area (Å²) in [4.78, 5) is 53.7. The third-order valence-electron chi connectivity index (χ3n) is 5.14. The highest BCUT2D eigenvalue weighted by Gasteiger charge is 2.31. The second-order valence-electron chi connectivity index (χ2n) is 8.62. The molecule has 0 heterocycles. The van der Waals surface area contributed by atoms with Crippen molar-refractivity contribution in [1.82, 2.24) is 16.0 Å². The van der Waals surface area contributed by atoms with Crippen molar-refractivity contribution in [1.29, 1.82) is 0 Å². The Bertz CT molecular complexity index is 886. The van der Waals surface area contributed by atoms with Gasteiger partial charge in [-0.05, 0) is 31.2 Å². The summed E-state index contributed by atoms with van der Waals surface area (Å²) in [5.41, 5.74) is 17.0. The van der Waals surface area contributed by atoms with E-state index in [2.05, 4.69) is 20.9 Å². The first kappa shape index (κ1) is 29.4. The first-order chi connectivity index (χ1) is 16.4. The number of nitrogens with zero attached hydrogens (tertiary/aromatic N) is 1. The minimum absolute atomic E-state index is 0.0651. The molecule has 10 N–H and O–H groups in total. The van der Waals surface area contributed by atoms with E-state index in [4.69, 9.17) is 17.2 Å². The summed E-state index contributed by atoms with van der Waals surface area (Å²) >= 11 is 0. The van der Waals surface area contributed by atoms with Gasteiger partial charge in [0.05, 0.1) is 6.04 Å². The Balaban J connectivity index is 3.02. The summed E-state index contributed by atoms with van der Waals surface area (Å²) in [5.74, 6) is -3.40. The van der Waals surface area contributed by atoms with Crippen LogP contribution in [0.25, 0.3) is 0 Å². The molecule has 0 spiro atoms. The van der Waals surface area contributed by atoms with Crippen molar-refractivity contribution in [3.05, 3.63) is 35.9 Å². The standard InChI is InChI=1S/C23H37N7O5/c1-13(2)18(30-19(31)14(3)24)21(33)28-16(10-7-11-27-23(25)26)20(32)29-17(22(34)35)12-15-8-5-4-6-9-15/h4-6,8-9,13-14,16-18H,7,10-12,24H2,1-3H3,(H,28,33)(H,29,32)(H,30,31)(H,34,35)(H4,25,26,27). The second-order valence-corrected chi connectivity index (χ2v) is 8.62. The van der Waals surface area contributed by atoms with Gasteiger partial charge in [-0.15, -0.1) is 0 Å². The molecule has 1 rings (SSSR count). The summed E-state index contributed by atoms with van der Waals surface area (Å²) in [6.07, 6.45) is 0.541. The number of guanidine groups is 1. The summed E-state index contributed by atoms with van der Waals surface area (Å²) in [5, 5.41) is 17.3. The van der Waals surface area contributed by atoms with Crippen LogP contribution >= 0.6 is 0 Å². The fraction of sp³-hybridized carbons (Fsp3) is 0.522. The maximum absolute atomic E-state index is 13.1. The number of hydrogen-bond acceptors (Lipinski definition) is 6. The predicted molar refractivity (Wildman–Crippen MR) is 132 cm³/mol. The van der Waals surface area contributed by atoms with Crippen LogP contribution in [0.15, 0.2) is 35.3 Å². The summed E-state index contributed by atoms with van der Waals surface area (Å²) in [6.45, 7) is 5.17. The molecule has 0 aromatic heterocycles. The van der Waals surface area contributed by atoms with E-state index < -0.39 is 47.9 Å². The zero-order valence-corrected chi connectivity index (χ0v) is 20.4. The van der Waals surface area contributed by atoms with Crippen molar-refractivity contribution in [3.63, 3.8) is 0 Å². The van der Waals surface area contributed by atoms with Gasteiger partial charge in [0.25, 0.3) is 0 Å². The molecule has 1 aromatic rings. The maximum Gasteiger partial charge on any atom is 0.326 e. The molecule has 0 fully saturated rings. The number of aliphatic carboxylic acids is 1. The number of benzene rings is 1. The van der Waals surface area contributed by atoms with Crippen LogP contribution in [0.4, 0.5) is 0 Å². The molecular weight excluding hydrogens is 454 g/mol. The summed E-state index contributed by atoms with van der Waals surface area (Å²) in [7, 11) is 0. The third-order valence-corrected chi connectivity index (χ3v) is 5.14. The van der Waals surface area contributed by atoms with Crippen LogP contribution < -0.4 is 33.2 Å². The molecule has 4 atom stereocenters. The van der Waals surface area contributed by atoms with Crippen molar-refractivity contribution in [2.75, 3.05) is 6.54 Å². The van der Waals surface area contributed by atoms with Crippen LogP contribution in [0.2, 0.25) is 0 Å². The first-order valence-corrected chi connectivity index (χ1v) is 11.4. The summed E-state index contributed by atoms with van der Waals surface area (Å²) in [6, 6.07) is 4.79. The minimum atomic E-state index is -1.21. The molecule has 3 amide bonds. The van der Waals surface area contributed by atoms with E-state index in [9.17, 15) is 24.3 Å². The largest absolute Gasteiger partial charge is 0.480 e. The number of nitrogens with two attached hydrogens (primary N) is 3. The van der Waals surface area contributed by atoms with Gasteiger partial charge in [0.1, 0.15) is 18.1 Å². The Labute approximate surface area is 205 Å². The highest BCUT2D eigenvalue weighted by molar-refractivity contribution is 5.94. The molecule has 12 nitrogen and oxygen atoms in total. The number of amides is 3. The van der Waals surface area contributed by atoms with Gasteiger partial charge in [0.2, 0.25) is 17.7 Å². The van der Waals surface area contributed by atoms with Crippen LogP contribution in [0, 0.1) is 5.92 Å². The maximum atomic E-state index is 13.1. The van der Waals surface area contributed by atoms with Crippen molar-refractivity contribution >= 4 is 29.7 Å². The molecular formula is C23H37N7O5. The fourth-order valence-electron chi connectivity index (χ4n) is 3.18. The van der Waals surface area contributed by atoms with E-state index in [-0.39, 0.29) is 31.3 Å². The van der Waals surface area contributed by atoms with Gasteiger partial charge in [-0.25, -0.2) is 4.79 Å². The second kappa shape index (κ2) is 14.6. The van der Waals surface area contributed by atoms with Crippen molar-refractivity contribution in [3.8, 4) is 0 Å². The SMILES string of the molecule is CC(N)C(=O)NC(C(=O)NC(CCCN=C(N)N)C(=O)NC(Cc1ccccc1)C(=O)O)C(C)C. The fourth-order valence-corrected chi connectivity index (χ4v) is 3.18. The minimum Gasteiger partial charge on any atom is -0.480 e. The number of hydrogen-bond donors (Lipinski definition) is 7. The van der Waals surface area contributed by atoms with Gasteiger partial charge in [0, 0.05) is 13.0 Å². The molecule has 0 bridgehead atoms. The average molecular weight is 492 g/mol. The monoisotopic (exact) mass is 491 g/mol. The van der Waals surface area contributed by atoms with Crippen LogP contribution in [-0.2, 0) is 25.6 Å². The molecule has 0 radical (unpaired) electrons. The third kappa shape index (κ3) is 10.9. The highest BCUT2D eigenvalue weighted by Crippen LogP contribution is 2.08.